The van der Waals surface area contributed by atoms with Crippen LogP contribution in [0.25, 0.3) is 0 Å². The molecule has 3 aliphatic heterocycles. The molecule has 4 aromatic carbocycles. The molecule has 2 fully saturated rings. The fourth-order valence-electron chi connectivity index (χ4n) is 7.13. The molecule has 4 aromatic rings. The number of nitrogens with zero attached hydrogens (tertiary/aromatic N) is 3. The van der Waals surface area contributed by atoms with Gasteiger partial charge < -0.3 is 36.5 Å². The van der Waals surface area contributed by atoms with Crippen LogP contribution in [-0.4, -0.2) is 113 Å². The van der Waals surface area contributed by atoms with E-state index in [0.717, 1.165) is 15.4 Å². The number of nitrogens with two attached hydrogens (primary N) is 2. The maximum Gasteiger partial charge on any atom is 0.404 e. The Bertz CT molecular complexity index is 2560. The molecule has 3 aliphatic rings. The van der Waals surface area contributed by atoms with E-state index in [1.165, 1.54) is 40.9 Å². The van der Waals surface area contributed by atoms with Crippen LogP contribution in [0.1, 0.15) is 41.3 Å². The Morgan fingerprint density at radius 1 is 0.908 bits per heavy atom. The highest BCUT2D eigenvalue weighted by molar-refractivity contribution is 8.00. The molecule has 0 bridgehead atoms. The lowest BCUT2D eigenvalue weighted by molar-refractivity contribution is -0.155. The highest BCUT2D eigenvalue weighted by Crippen LogP contribution is 2.42. The molecule has 3 heterocycles. The molecule has 0 aliphatic carbocycles. The maximum atomic E-state index is 14.2. The third-order valence-corrected chi connectivity index (χ3v) is 12.6. The number of anilines is 1. The SMILES string of the molecule is CCN(C(=O)N1CCNC(=O)C1=O)[C@H](C(=O)N[C@@H]1C(=O)N2C(C(=O)OC(c3ccccc3)c3ccccc3)=C(COC(N)=O)CS[C@H]12)c1ccc(N)cc1.Cc1ccc(S(=O)(=O)O)cc1. The third kappa shape index (κ3) is 10.9. The Morgan fingerprint density at radius 3 is 2.06 bits per heavy atom. The van der Waals surface area contributed by atoms with Crippen molar-refractivity contribution in [2.75, 3.05) is 37.7 Å². The maximum absolute atomic E-state index is 14.2. The normalized spacial score (nSPS) is 17.4. The van der Waals surface area contributed by atoms with Crippen molar-refractivity contribution < 1.29 is 56.0 Å². The Kier molecular flexibility index (Phi) is 14.9. The van der Waals surface area contributed by atoms with E-state index in [1.54, 1.807) is 79.7 Å². The quantitative estimate of drug-likeness (QED) is 0.0449. The van der Waals surface area contributed by atoms with Gasteiger partial charge in [0.15, 0.2) is 6.10 Å². The first kappa shape index (κ1) is 47.3. The van der Waals surface area contributed by atoms with Crippen LogP contribution in [0, 0.1) is 6.92 Å². The van der Waals surface area contributed by atoms with Crippen LogP contribution in [0.2, 0.25) is 0 Å². The van der Waals surface area contributed by atoms with Crippen molar-refractivity contribution in [3.63, 3.8) is 0 Å². The minimum Gasteiger partial charge on any atom is -0.448 e. The summed E-state index contributed by atoms with van der Waals surface area (Å²) in [6, 6.07) is 26.8. The number of β-lactam (4-membered cyclic amide) rings is 1. The van der Waals surface area contributed by atoms with Gasteiger partial charge >= 0.3 is 29.9 Å². The minimum atomic E-state index is -4.02. The second-order valence-corrected chi connectivity index (χ2v) is 17.2. The fraction of sp³-hybridized carbons (Fsp3) is 0.250. The van der Waals surface area contributed by atoms with Crippen LogP contribution < -0.4 is 22.1 Å². The average molecular weight is 928 g/mol. The summed E-state index contributed by atoms with van der Waals surface area (Å²) >= 11 is 1.21. The summed E-state index contributed by atoms with van der Waals surface area (Å²) in [4.78, 5) is 95.4. The van der Waals surface area contributed by atoms with Gasteiger partial charge in [0, 0.05) is 36.6 Å². The van der Waals surface area contributed by atoms with Gasteiger partial charge in [-0.1, -0.05) is 90.5 Å². The molecule has 0 spiro atoms. The number of esters is 1. The number of hydrogen-bond donors (Lipinski definition) is 5. The van der Waals surface area contributed by atoms with Gasteiger partial charge in [-0.15, -0.1) is 11.8 Å². The Balaban J connectivity index is 0.000000557. The number of carbonyl (C=O) groups is 7. The lowest BCUT2D eigenvalue weighted by Crippen LogP contribution is -2.71. The number of nitrogen functional groups attached to an aromatic ring is 1. The molecule has 3 atom stereocenters. The summed E-state index contributed by atoms with van der Waals surface area (Å²) in [5, 5.41) is 4.34. The molecule has 7 amide bonds. The molecule has 0 saturated carbocycles. The zero-order valence-electron chi connectivity index (χ0n) is 35.0. The van der Waals surface area contributed by atoms with Gasteiger partial charge in [0.25, 0.3) is 16.0 Å². The third-order valence-electron chi connectivity index (χ3n) is 10.4. The van der Waals surface area contributed by atoms with Crippen molar-refractivity contribution in [3.05, 3.63) is 143 Å². The van der Waals surface area contributed by atoms with Crippen molar-refractivity contribution in [1.82, 2.24) is 25.3 Å². The van der Waals surface area contributed by atoms with E-state index in [2.05, 4.69) is 10.6 Å². The number of ether oxygens (including phenoxy) is 2. The summed E-state index contributed by atoms with van der Waals surface area (Å²) in [6.07, 6.45) is -1.94. The summed E-state index contributed by atoms with van der Waals surface area (Å²) in [5.41, 5.74) is 14.3. The predicted octanol–water partition coefficient (Wildman–Crippen LogP) is 3.03. The van der Waals surface area contributed by atoms with Gasteiger partial charge in [-0.25, -0.2) is 14.4 Å². The molecular formula is C44H45N7O12S2. The zero-order valence-corrected chi connectivity index (χ0v) is 36.6. The van der Waals surface area contributed by atoms with Gasteiger partial charge in [0.1, 0.15) is 29.8 Å². The van der Waals surface area contributed by atoms with Gasteiger partial charge in [-0.05, 0) is 54.8 Å². The first-order valence-electron chi connectivity index (χ1n) is 20.0. The number of benzene rings is 4. The van der Waals surface area contributed by atoms with Crippen LogP contribution in [0.3, 0.4) is 0 Å². The number of primary amides is 1. The number of urea groups is 1. The number of amides is 7. The van der Waals surface area contributed by atoms with E-state index in [1.807, 2.05) is 19.1 Å². The number of aryl methyl sites for hydroxylation is 1. The Hall–Kier alpha value is -7.23. The van der Waals surface area contributed by atoms with Gasteiger partial charge in [-0.2, -0.15) is 8.42 Å². The van der Waals surface area contributed by atoms with Crippen LogP contribution in [0.4, 0.5) is 15.3 Å². The summed E-state index contributed by atoms with van der Waals surface area (Å²) in [7, 11) is -4.02. The Labute approximate surface area is 377 Å². The van der Waals surface area contributed by atoms with Crippen LogP contribution in [-0.2, 0) is 43.6 Å². The number of likely N-dealkylation sites (N-methyl/N-ethyl adjacent to an activating group) is 1. The Morgan fingerprint density at radius 2 is 1.51 bits per heavy atom. The molecule has 19 nitrogen and oxygen atoms in total. The molecule has 21 heteroatoms. The number of piperazine rings is 1. The monoisotopic (exact) mass is 927 g/mol. The van der Waals surface area contributed by atoms with Crippen molar-refractivity contribution in [2.24, 2.45) is 5.73 Å². The number of thioether (sulfide) groups is 1. The van der Waals surface area contributed by atoms with E-state index in [0.29, 0.717) is 22.4 Å². The van der Waals surface area contributed by atoms with E-state index in [4.69, 9.17) is 25.5 Å². The molecule has 65 heavy (non-hydrogen) atoms. The molecule has 0 unspecified atom stereocenters. The van der Waals surface area contributed by atoms with E-state index in [-0.39, 0.29) is 48.2 Å². The first-order valence-corrected chi connectivity index (χ1v) is 22.5. The van der Waals surface area contributed by atoms with Gasteiger partial charge in [-0.3, -0.25) is 33.5 Å². The van der Waals surface area contributed by atoms with E-state index < -0.39 is 75.4 Å². The van der Waals surface area contributed by atoms with Crippen molar-refractivity contribution in [3.8, 4) is 0 Å². The van der Waals surface area contributed by atoms with Crippen molar-refractivity contribution in [1.29, 1.82) is 0 Å². The molecule has 2 saturated heterocycles. The van der Waals surface area contributed by atoms with Gasteiger partial charge in [0.2, 0.25) is 5.91 Å². The van der Waals surface area contributed by atoms with Gasteiger partial charge in [0.05, 0.1) is 4.90 Å². The minimum absolute atomic E-state index is 0.0418. The lowest BCUT2D eigenvalue weighted by atomic mass is 9.99. The summed E-state index contributed by atoms with van der Waals surface area (Å²) < 4.78 is 40.7. The largest absolute Gasteiger partial charge is 0.448 e. The molecule has 7 rings (SSSR count). The topological polar surface area (TPSA) is 278 Å². The fourth-order valence-corrected chi connectivity index (χ4v) is 8.94. The van der Waals surface area contributed by atoms with E-state index >= 15 is 0 Å². The van der Waals surface area contributed by atoms with E-state index in [9.17, 15) is 42.0 Å². The number of carbonyl (C=O) groups excluding carboxylic acids is 7. The number of rotatable bonds is 12. The second kappa shape index (κ2) is 20.5. The smallest absolute Gasteiger partial charge is 0.404 e. The summed E-state index contributed by atoms with van der Waals surface area (Å²) in [6.45, 7) is 2.94. The standard InChI is InChI=1S/C37H37N7O9S.C7H8O3S/c1-2-42(37(51)43-18-17-40-31(46)33(43)48)27(21-13-15-25(38)16-14-21)30(45)41-26-32(47)44-28(24(19-52-36(39)50)20-54-34(26)44)35(49)53-29(22-9-5-3-6-10-22)23-11-7-4-8-12-23;1-6-2-4-7(5-3-6)11(8,9)10/h3-16,26-27,29,34H,2,17-20,38H2,1H3,(H2,39,50)(H,40,46)(H,41,45);2-5H,1H3,(H,8,9,10)/t26-,27+,34-;/m1./s1. The first-order chi connectivity index (χ1) is 31.0. The number of fused-ring (bicyclic) bond motifs is 1. The zero-order chi connectivity index (χ0) is 47.0. The highest BCUT2D eigenvalue weighted by atomic mass is 32.2. The number of imide groups is 1. The summed E-state index contributed by atoms with van der Waals surface area (Å²) in [5.74, 6) is -4.18. The van der Waals surface area contributed by atoms with Crippen molar-refractivity contribution in [2.45, 2.75) is 42.3 Å². The number of hydrogen-bond acceptors (Lipinski definition) is 13. The molecule has 0 radical (unpaired) electrons. The average Bonchev–Trinajstić information content (AvgIpc) is 3.29. The lowest BCUT2D eigenvalue weighted by Gasteiger charge is -2.50. The molecule has 0 aromatic heterocycles. The molecule has 7 N–H and O–H groups in total. The van der Waals surface area contributed by atoms with Crippen LogP contribution in [0.15, 0.2) is 125 Å². The van der Waals surface area contributed by atoms with Crippen LogP contribution in [0.5, 0.6) is 0 Å². The number of nitrogens with one attached hydrogen (secondary N) is 2. The molecule has 340 valence electrons. The molecular weight excluding hydrogens is 883 g/mol. The predicted molar refractivity (Wildman–Crippen MR) is 235 cm³/mol. The van der Waals surface area contributed by atoms with Crippen molar-refractivity contribution >= 4 is 69.3 Å². The second-order valence-electron chi connectivity index (χ2n) is 14.7. The van der Waals surface area contributed by atoms with Crippen LogP contribution >= 0.6 is 11.8 Å². The highest BCUT2D eigenvalue weighted by Gasteiger charge is 2.55.